The molecule has 0 fully saturated rings. The molecule has 0 aliphatic heterocycles. The number of aromatic amines is 1. The zero-order chi connectivity index (χ0) is 14.2. The molecule has 5 heteroatoms. The van der Waals surface area contributed by atoms with Crippen LogP contribution in [0, 0.1) is 0 Å². The molecular formula is C15H13NO3S. The largest absolute Gasteiger partial charge is 0.392 e. The van der Waals surface area contributed by atoms with Crippen molar-refractivity contribution in [3.63, 3.8) is 0 Å². The van der Waals surface area contributed by atoms with E-state index in [1.165, 1.54) is 0 Å². The maximum Gasteiger partial charge on any atom is 0.221 e. The van der Waals surface area contributed by atoms with Crippen molar-refractivity contribution < 1.29 is 13.5 Å². The number of hydrogen-bond acceptors (Lipinski definition) is 3. The third-order valence-electron chi connectivity index (χ3n) is 3.19. The predicted octanol–water partition coefficient (Wildman–Crippen LogP) is 2.49. The number of benzene rings is 2. The summed E-state index contributed by atoms with van der Waals surface area (Å²) in [6, 6.07) is 15.2. The van der Waals surface area contributed by atoms with Crippen LogP contribution in [0.2, 0.25) is 0 Å². The molecule has 0 amide bonds. The van der Waals surface area contributed by atoms with Crippen LogP contribution in [0.5, 0.6) is 0 Å². The van der Waals surface area contributed by atoms with Gasteiger partial charge in [-0.2, -0.15) is 0 Å². The first-order valence-corrected chi connectivity index (χ1v) is 7.62. The van der Waals surface area contributed by atoms with Gasteiger partial charge in [-0.25, -0.2) is 8.42 Å². The quantitative estimate of drug-likeness (QED) is 0.777. The van der Waals surface area contributed by atoms with Crippen LogP contribution in [-0.4, -0.2) is 18.5 Å². The molecule has 1 aromatic heterocycles. The first-order chi connectivity index (χ1) is 9.61. The normalized spacial score (nSPS) is 11.8. The van der Waals surface area contributed by atoms with Crippen molar-refractivity contribution >= 4 is 20.7 Å². The lowest BCUT2D eigenvalue weighted by Crippen LogP contribution is -2.01. The van der Waals surface area contributed by atoms with E-state index in [0.29, 0.717) is 0 Å². The van der Waals surface area contributed by atoms with Crippen LogP contribution in [0.4, 0.5) is 0 Å². The van der Waals surface area contributed by atoms with Crippen LogP contribution < -0.4 is 0 Å². The molecule has 0 atom stereocenters. The van der Waals surface area contributed by atoms with Gasteiger partial charge in [-0.15, -0.1) is 0 Å². The number of aromatic nitrogens is 1. The summed E-state index contributed by atoms with van der Waals surface area (Å²) in [5, 5.41) is 10.0. The summed E-state index contributed by atoms with van der Waals surface area (Å²) in [5.41, 5.74) is 1.48. The summed E-state index contributed by atoms with van der Waals surface area (Å²) in [6.07, 6.45) is 0. The van der Waals surface area contributed by atoms with Crippen molar-refractivity contribution in [3.8, 4) is 0 Å². The number of sulfone groups is 1. The molecule has 0 saturated carbocycles. The van der Waals surface area contributed by atoms with Gasteiger partial charge in [0.2, 0.25) is 9.84 Å². The molecule has 0 radical (unpaired) electrons. The Morgan fingerprint density at radius 1 is 1.00 bits per heavy atom. The minimum absolute atomic E-state index is 0.0676. The Morgan fingerprint density at radius 3 is 2.45 bits per heavy atom. The number of hydrogen-bond donors (Lipinski definition) is 2. The highest BCUT2D eigenvalue weighted by Gasteiger charge is 2.19. The second-order valence-electron chi connectivity index (χ2n) is 4.53. The van der Waals surface area contributed by atoms with E-state index in [0.717, 1.165) is 16.5 Å². The van der Waals surface area contributed by atoms with Gasteiger partial charge in [-0.1, -0.05) is 24.3 Å². The zero-order valence-electron chi connectivity index (χ0n) is 10.6. The highest BCUT2D eigenvalue weighted by molar-refractivity contribution is 7.91. The molecule has 3 aromatic rings. The van der Waals surface area contributed by atoms with Gasteiger partial charge >= 0.3 is 0 Å². The fourth-order valence-electron chi connectivity index (χ4n) is 2.13. The van der Waals surface area contributed by atoms with E-state index >= 15 is 0 Å². The first kappa shape index (κ1) is 12.9. The number of aliphatic hydroxyl groups is 1. The smallest absolute Gasteiger partial charge is 0.221 e. The van der Waals surface area contributed by atoms with Crippen LogP contribution in [0.3, 0.4) is 0 Å². The SMILES string of the molecule is O=S(=O)(c1ccccc1)c1cc2cc(CO)ccc2[nH]1. The van der Waals surface area contributed by atoms with Crippen molar-refractivity contribution in [2.75, 3.05) is 0 Å². The fourth-order valence-corrected chi connectivity index (χ4v) is 3.42. The van der Waals surface area contributed by atoms with Crippen molar-refractivity contribution in [1.82, 2.24) is 4.98 Å². The highest BCUT2D eigenvalue weighted by atomic mass is 32.2. The van der Waals surface area contributed by atoms with E-state index in [9.17, 15) is 8.42 Å². The Kier molecular flexibility index (Phi) is 3.08. The predicted molar refractivity (Wildman–Crippen MR) is 76.1 cm³/mol. The number of H-pyrrole nitrogens is 1. The van der Waals surface area contributed by atoms with Gasteiger partial charge in [0.1, 0.15) is 5.03 Å². The first-order valence-electron chi connectivity index (χ1n) is 6.14. The molecule has 20 heavy (non-hydrogen) atoms. The van der Waals surface area contributed by atoms with E-state index in [1.807, 2.05) is 0 Å². The minimum Gasteiger partial charge on any atom is -0.392 e. The summed E-state index contributed by atoms with van der Waals surface area (Å²) < 4.78 is 25.0. The Balaban J connectivity index is 2.15. The van der Waals surface area contributed by atoms with Gasteiger partial charge < -0.3 is 10.1 Å². The molecule has 0 aliphatic carbocycles. The van der Waals surface area contributed by atoms with Gasteiger partial charge in [0.15, 0.2) is 0 Å². The molecule has 1 heterocycles. The molecule has 0 aliphatic rings. The van der Waals surface area contributed by atoms with Crippen LogP contribution in [0.25, 0.3) is 10.9 Å². The Labute approximate surface area is 116 Å². The lowest BCUT2D eigenvalue weighted by molar-refractivity contribution is 0.282. The lowest BCUT2D eigenvalue weighted by Gasteiger charge is -2.00. The number of aliphatic hydroxyl groups excluding tert-OH is 1. The molecular weight excluding hydrogens is 274 g/mol. The summed E-state index contributed by atoms with van der Waals surface area (Å²) in [6.45, 7) is -0.0676. The number of fused-ring (bicyclic) bond motifs is 1. The third-order valence-corrected chi connectivity index (χ3v) is 4.88. The second kappa shape index (κ2) is 4.77. The maximum atomic E-state index is 12.5. The topological polar surface area (TPSA) is 70.2 Å². The summed E-state index contributed by atoms with van der Waals surface area (Å²) in [4.78, 5) is 3.17. The van der Waals surface area contributed by atoms with E-state index < -0.39 is 9.84 Å². The summed E-state index contributed by atoms with van der Waals surface area (Å²) in [7, 11) is -3.54. The Morgan fingerprint density at radius 2 is 1.75 bits per heavy atom. The van der Waals surface area contributed by atoms with Crippen molar-refractivity contribution in [1.29, 1.82) is 0 Å². The van der Waals surface area contributed by atoms with Crippen molar-refractivity contribution in [2.24, 2.45) is 0 Å². The van der Waals surface area contributed by atoms with Gasteiger partial charge in [-0.05, 0) is 35.9 Å². The molecule has 4 nitrogen and oxygen atoms in total. The summed E-state index contributed by atoms with van der Waals surface area (Å²) in [5.74, 6) is 0. The molecule has 3 rings (SSSR count). The van der Waals surface area contributed by atoms with Crippen molar-refractivity contribution in [2.45, 2.75) is 16.5 Å². The molecule has 2 aromatic carbocycles. The Bertz CT molecular complexity index is 851. The van der Waals surface area contributed by atoms with E-state index in [1.54, 1.807) is 54.6 Å². The highest BCUT2D eigenvalue weighted by Crippen LogP contribution is 2.25. The van der Waals surface area contributed by atoms with E-state index in [2.05, 4.69) is 4.98 Å². The van der Waals surface area contributed by atoms with E-state index in [-0.39, 0.29) is 16.5 Å². The molecule has 0 saturated heterocycles. The average molecular weight is 287 g/mol. The Hall–Kier alpha value is -2.11. The molecule has 2 N–H and O–H groups in total. The average Bonchev–Trinajstić information content (AvgIpc) is 2.91. The fraction of sp³-hybridized carbons (Fsp3) is 0.0667. The van der Waals surface area contributed by atoms with Crippen LogP contribution in [0.15, 0.2) is 64.5 Å². The van der Waals surface area contributed by atoms with Crippen LogP contribution in [0.1, 0.15) is 5.56 Å². The van der Waals surface area contributed by atoms with Gasteiger partial charge in [-0.3, -0.25) is 0 Å². The number of rotatable bonds is 3. The summed E-state index contributed by atoms with van der Waals surface area (Å²) >= 11 is 0. The van der Waals surface area contributed by atoms with E-state index in [4.69, 9.17) is 5.11 Å². The van der Waals surface area contributed by atoms with Crippen LogP contribution in [-0.2, 0) is 16.4 Å². The third kappa shape index (κ3) is 2.11. The molecule has 102 valence electrons. The standard InChI is InChI=1S/C15H13NO3S/c17-10-11-6-7-14-12(8-11)9-15(16-14)20(18,19)13-4-2-1-3-5-13/h1-9,16-17H,10H2. The molecule has 0 spiro atoms. The lowest BCUT2D eigenvalue weighted by atomic mass is 10.2. The monoisotopic (exact) mass is 287 g/mol. The number of nitrogens with one attached hydrogen (secondary N) is 1. The molecule has 0 bridgehead atoms. The van der Waals surface area contributed by atoms with Crippen molar-refractivity contribution in [3.05, 3.63) is 60.2 Å². The zero-order valence-corrected chi connectivity index (χ0v) is 11.4. The van der Waals surface area contributed by atoms with Crippen LogP contribution >= 0.6 is 0 Å². The van der Waals surface area contributed by atoms with Gasteiger partial charge in [0.05, 0.1) is 11.5 Å². The van der Waals surface area contributed by atoms with Gasteiger partial charge in [0, 0.05) is 10.9 Å². The maximum absolute atomic E-state index is 12.5. The minimum atomic E-state index is -3.54. The van der Waals surface area contributed by atoms with Gasteiger partial charge in [0.25, 0.3) is 0 Å². The molecule has 0 unspecified atom stereocenters. The second-order valence-corrected chi connectivity index (χ2v) is 6.45.